The summed E-state index contributed by atoms with van der Waals surface area (Å²) in [5.41, 5.74) is 4.29. The van der Waals surface area contributed by atoms with Crippen LogP contribution in [0.2, 0.25) is 0 Å². The fourth-order valence-corrected chi connectivity index (χ4v) is 4.44. The lowest BCUT2D eigenvalue weighted by Crippen LogP contribution is -2.45. The van der Waals surface area contributed by atoms with Gasteiger partial charge in [0.2, 0.25) is 10.0 Å². The predicted molar refractivity (Wildman–Crippen MR) is 76.5 cm³/mol. The minimum absolute atomic E-state index is 0.0642. The van der Waals surface area contributed by atoms with Gasteiger partial charge < -0.3 is 5.73 Å². The number of nitrogens with two attached hydrogens (primary N) is 1. The van der Waals surface area contributed by atoms with Crippen LogP contribution in [0.25, 0.3) is 0 Å². The highest BCUT2D eigenvalue weighted by Crippen LogP contribution is 2.36. The third-order valence-corrected chi connectivity index (χ3v) is 5.95. The lowest BCUT2D eigenvalue weighted by molar-refractivity contribution is -0.140. The first-order valence-electron chi connectivity index (χ1n) is 7.16. The smallest absolute Gasteiger partial charge is 0.328 e. The topological polar surface area (TPSA) is 63.4 Å². The van der Waals surface area contributed by atoms with Crippen molar-refractivity contribution in [2.45, 2.75) is 36.9 Å². The van der Waals surface area contributed by atoms with Gasteiger partial charge in [-0.2, -0.15) is 17.5 Å². The summed E-state index contributed by atoms with van der Waals surface area (Å²) in [6.45, 7) is 1.93. The lowest BCUT2D eigenvalue weighted by atomic mass is 9.93. The maximum absolute atomic E-state index is 13.2. The van der Waals surface area contributed by atoms with Crippen molar-refractivity contribution in [3.05, 3.63) is 29.6 Å². The van der Waals surface area contributed by atoms with Gasteiger partial charge in [0, 0.05) is 19.1 Å². The van der Waals surface area contributed by atoms with Crippen LogP contribution in [0, 0.1) is 11.7 Å². The molecule has 1 aromatic rings. The largest absolute Gasteiger partial charge is 0.417 e. The standard InChI is InChI=1S/C14H18F4N2O2S/c1-9(19)10-3-2-6-20(8-10)23(21,22)13-5-4-11(15)7-12(13)14(16,17)18/h4-5,7,9-10H,2-3,6,8,19H2,1H3/t9-,10+/m1/s1. The number of halogens is 4. The van der Waals surface area contributed by atoms with E-state index in [-0.39, 0.29) is 31.1 Å². The first kappa shape index (κ1) is 18.2. The Hall–Kier alpha value is -1.19. The predicted octanol–water partition coefficient (Wildman–Crippen LogP) is 2.59. The van der Waals surface area contributed by atoms with Crippen LogP contribution in [-0.2, 0) is 16.2 Å². The van der Waals surface area contributed by atoms with Crippen LogP contribution < -0.4 is 5.73 Å². The number of piperidine rings is 1. The average molecular weight is 354 g/mol. The zero-order chi connectivity index (χ0) is 17.4. The Labute approximate surface area is 132 Å². The van der Waals surface area contributed by atoms with Crippen LogP contribution >= 0.6 is 0 Å². The number of nitrogens with zero attached hydrogens (tertiary/aromatic N) is 1. The molecule has 0 amide bonds. The van der Waals surface area contributed by atoms with Gasteiger partial charge >= 0.3 is 6.18 Å². The van der Waals surface area contributed by atoms with Crippen LogP contribution in [0.3, 0.4) is 0 Å². The highest BCUT2D eigenvalue weighted by atomic mass is 32.2. The van der Waals surface area contributed by atoms with E-state index in [0.29, 0.717) is 12.5 Å². The molecule has 2 N–H and O–H groups in total. The van der Waals surface area contributed by atoms with Gasteiger partial charge in [0.1, 0.15) is 5.82 Å². The van der Waals surface area contributed by atoms with Gasteiger partial charge in [-0.25, -0.2) is 12.8 Å². The number of rotatable bonds is 3. The van der Waals surface area contributed by atoms with Crippen LogP contribution in [0.15, 0.2) is 23.1 Å². The molecule has 0 radical (unpaired) electrons. The summed E-state index contributed by atoms with van der Waals surface area (Å²) < 4.78 is 78.5. The number of sulfonamides is 1. The van der Waals surface area contributed by atoms with Crippen molar-refractivity contribution >= 4 is 10.0 Å². The quantitative estimate of drug-likeness (QED) is 0.849. The molecular weight excluding hydrogens is 336 g/mol. The van der Waals surface area contributed by atoms with Crippen molar-refractivity contribution in [3.63, 3.8) is 0 Å². The van der Waals surface area contributed by atoms with Gasteiger partial charge in [0.15, 0.2) is 0 Å². The summed E-state index contributed by atoms with van der Waals surface area (Å²) in [7, 11) is -4.37. The molecule has 1 aliphatic heterocycles. The Balaban J connectivity index is 2.44. The monoisotopic (exact) mass is 354 g/mol. The first-order valence-corrected chi connectivity index (χ1v) is 8.60. The second kappa shape index (κ2) is 6.37. The van der Waals surface area contributed by atoms with E-state index >= 15 is 0 Å². The Kier molecular flexibility index (Phi) is 5.03. The molecule has 130 valence electrons. The summed E-state index contributed by atoms with van der Waals surface area (Å²) >= 11 is 0. The van der Waals surface area contributed by atoms with Crippen LogP contribution in [0.4, 0.5) is 17.6 Å². The number of benzene rings is 1. The molecule has 2 atom stereocenters. The SMILES string of the molecule is C[C@@H](N)[C@H]1CCCN(S(=O)(=O)c2ccc(F)cc2C(F)(F)F)C1. The molecule has 1 aromatic carbocycles. The molecule has 1 aliphatic rings. The third-order valence-electron chi connectivity index (χ3n) is 4.03. The molecule has 4 nitrogen and oxygen atoms in total. The van der Waals surface area contributed by atoms with Gasteiger partial charge in [0.25, 0.3) is 0 Å². The summed E-state index contributed by atoms with van der Waals surface area (Å²) in [6.07, 6.45) is -3.71. The molecule has 1 fully saturated rings. The molecule has 0 spiro atoms. The number of hydrogen-bond donors (Lipinski definition) is 1. The van der Waals surface area contributed by atoms with Gasteiger partial charge in [-0.1, -0.05) is 0 Å². The van der Waals surface area contributed by atoms with Gasteiger partial charge in [-0.3, -0.25) is 0 Å². The third kappa shape index (κ3) is 3.84. The van der Waals surface area contributed by atoms with Crippen molar-refractivity contribution in [2.75, 3.05) is 13.1 Å². The zero-order valence-electron chi connectivity index (χ0n) is 12.5. The van der Waals surface area contributed by atoms with E-state index in [9.17, 15) is 26.0 Å². The van der Waals surface area contributed by atoms with Crippen LogP contribution in [0.1, 0.15) is 25.3 Å². The molecule has 1 saturated heterocycles. The van der Waals surface area contributed by atoms with E-state index in [1.54, 1.807) is 6.92 Å². The van der Waals surface area contributed by atoms with E-state index < -0.39 is 32.5 Å². The molecule has 0 aliphatic carbocycles. The summed E-state index contributed by atoms with van der Waals surface area (Å²) in [5, 5.41) is 0. The van der Waals surface area contributed by atoms with Crippen molar-refractivity contribution in [1.29, 1.82) is 0 Å². The molecule has 1 heterocycles. The zero-order valence-corrected chi connectivity index (χ0v) is 13.3. The second-order valence-electron chi connectivity index (χ2n) is 5.76. The highest BCUT2D eigenvalue weighted by Gasteiger charge is 2.40. The number of alkyl halides is 3. The Morgan fingerprint density at radius 1 is 1.35 bits per heavy atom. The molecular formula is C14H18F4N2O2S. The second-order valence-corrected chi connectivity index (χ2v) is 7.67. The fraction of sp³-hybridized carbons (Fsp3) is 0.571. The minimum atomic E-state index is -4.96. The van der Waals surface area contributed by atoms with E-state index in [0.717, 1.165) is 16.8 Å². The average Bonchev–Trinajstić information content (AvgIpc) is 2.46. The van der Waals surface area contributed by atoms with Crippen LogP contribution in [-0.4, -0.2) is 31.9 Å². The summed E-state index contributed by atoms with van der Waals surface area (Å²) in [4.78, 5) is -0.920. The maximum Gasteiger partial charge on any atom is 0.417 e. The van der Waals surface area contributed by atoms with Gasteiger partial charge in [-0.05, 0) is 43.9 Å². The molecule has 0 unspecified atom stereocenters. The Morgan fingerprint density at radius 2 is 2.00 bits per heavy atom. The first-order chi connectivity index (χ1) is 10.5. The maximum atomic E-state index is 13.2. The molecule has 2 rings (SSSR count). The van der Waals surface area contributed by atoms with Crippen molar-refractivity contribution in [2.24, 2.45) is 11.7 Å². The molecule has 0 aromatic heterocycles. The number of hydrogen-bond acceptors (Lipinski definition) is 3. The van der Waals surface area contributed by atoms with Crippen molar-refractivity contribution in [1.82, 2.24) is 4.31 Å². The van der Waals surface area contributed by atoms with Crippen molar-refractivity contribution < 1.29 is 26.0 Å². The lowest BCUT2D eigenvalue weighted by Gasteiger charge is -2.34. The highest BCUT2D eigenvalue weighted by molar-refractivity contribution is 7.89. The van der Waals surface area contributed by atoms with E-state index in [1.807, 2.05) is 0 Å². The van der Waals surface area contributed by atoms with Gasteiger partial charge in [0.05, 0.1) is 10.5 Å². The normalized spacial score (nSPS) is 22.1. The molecule has 23 heavy (non-hydrogen) atoms. The van der Waals surface area contributed by atoms with Crippen LogP contribution in [0.5, 0.6) is 0 Å². The Bertz CT molecular complexity index is 674. The van der Waals surface area contributed by atoms with Gasteiger partial charge in [-0.15, -0.1) is 0 Å². The van der Waals surface area contributed by atoms with E-state index in [4.69, 9.17) is 5.73 Å². The van der Waals surface area contributed by atoms with Crippen molar-refractivity contribution in [3.8, 4) is 0 Å². The van der Waals surface area contributed by atoms with E-state index in [2.05, 4.69) is 0 Å². The summed E-state index contributed by atoms with van der Waals surface area (Å²) in [5.74, 6) is -1.25. The molecule has 0 saturated carbocycles. The minimum Gasteiger partial charge on any atom is -0.328 e. The molecule has 0 bridgehead atoms. The Morgan fingerprint density at radius 3 is 2.57 bits per heavy atom. The molecule has 9 heteroatoms. The summed E-state index contributed by atoms with van der Waals surface area (Å²) in [6, 6.07) is 1.33. The fourth-order valence-electron chi connectivity index (χ4n) is 2.71. The van der Waals surface area contributed by atoms with E-state index in [1.165, 1.54) is 0 Å².